The van der Waals surface area contributed by atoms with Crippen molar-refractivity contribution in [2.45, 2.75) is 12.5 Å². The molecular formula is C8H13NO. The number of hydrogen-bond donors (Lipinski definition) is 2. The van der Waals surface area contributed by atoms with Crippen LogP contribution in [0.25, 0.3) is 0 Å². The Hall–Kier alpha value is -0.340. The summed E-state index contributed by atoms with van der Waals surface area (Å²) >= 11 is 0. The topological polar surface area (TPSA) is 46.2 Å². The van der Waals surface area contributed by atoms with Gasteiger partial charge in [0.25, 0.3) is 0 Å². The molecule has 0 spiro atoms. The standard InChI is InChI=1S/C8H13NO/c9-8-6-2-1-5(3-6)7(8)4-10/h1-2,5-8,10H,3-4,9H2/t5-,6+,7+,8-/m0/s1. The summed E-state index contributed by atoms with van der Waals surface area (Å²) in [6.45, 7) is 0.257. The second-order valence-electron chi connectivity index (χ2n) is 3.37. The van der Waals surface area contributed by atoms with Crippen LogP contribution >= 0.6 is 0 Å². The SMILES string of the molecule is N[C@@H]1[C@H](CO)[C@H]2C=C[C@@H]1C2. The van der Waals surface area contributed by atoms with Crippen molar-refractivity contribution in [1.29, 1.82) is 0 Å². The van der Waals surface area contributed by atoms with Crippen LogP contribution in [0.5, 0.6) is 0 Å². The van der Waals surface area contributed by atoms with Crippen LogP contribution in [0.15, 0.2) is 12.2 Å². The zero-order chi connectivity index (χ0) is 7.14. The second-order valence-corrected chi connectivity index (χ2v) is 3.37. The number of nitrogens with two attached hydrogens (primary N) is 1. The van der Waals surface area contributed by atoms with Crippen LogP contribution in [-0.4, -0.2) is 17.8 Å². The van der Waals surface area contributed by atoms with Crippen molar-refractivity contribution < 1.29 is 5.11 Å². The van der Waals surface area contributed by atoms with E-state index in [9.17, 15) is 0 Å². The summed E-state index contributed by atoms with van der Waals surface area (Å²) in [4.78, 5) is 0. The minimum absolute atomic E-state index is 0.222. The van der Waals surface area contributed by atoms with Crippen LogP contribution in [-0.2, 0) is 0 Å². The van der Waals surface area contributed by atoms with Crippen molar-refractivity contribution >= 4 is 0 Å². The lowest BCUT2D eigenvalue weighted by Crippen LogP contribution is -2.35. The van der Waals surface area contributed by atoms with Crippen molar-refractivity contribution in [2.75, 3.05) is 6.61 Å². The van der Waals surface area contributed by atoms with Gasteiger partial charge >= 0.3 is 0 Å². The van der Waals surface area contributed by atoms with Crippen LogP contribution < -0.4 is 5.73 Å². The Kier molecular flexibility index (Phi) is 1.32. The highest BCUT2D eigenvalue weighted by molar-refractivity contribution is 5.15. The lowest BCUT2D eigenvalue weighted by Gasteiger charge is -2.21. The quantitative estimate of drug-likeness (QED) is 0.507. The molecule has 0 unspecified atom stereocenters. The Morgan fingerprint density at radius 3 is 2.50 bits per heavy atom. The van der Waals surface area contributed by atoms with Crippen molar-refractivity contribution in [3.63, 3.8) is 0 Å². The van der Waals surface area contributed by atoms with Gasteiger partial charge in [0.2, 0.25) is 0 Å². The molecule has 2 rings (SSSR count). The van der Waals surface area contributed by atoms with Crippen LogP contribution in [0, 0.1) is 17.8 Å². The van der Waals surface area contributed by atoms with E-state index in [1.165, 1.54) is 6.42 Å². The maximum Gasteiger partial charge on any atom is 0.0479 e. The van der Waals surface area contributed by atoms with E-state index >= 15 is 0 Å². The normalized spacial score (nSPS) is 50.6. The van der Waals surface area contributed by atoms with E-state index < -0.39 is 0 Å². The van der Waals surface area contributed by atoms with E-state index in [1.807, 2.05) is 0 Å². The molecule has 0 aromatic carbocycles. The third kappa shape index (κ3) is 0.662. The molecule has 2 bridgehead atoms. The largest absolute Gasteiger partial charge is 0.396 e. The first-order valence-electron chi connectivity index (χ1n) is 3.87. The fourth-order valence-corrected chi connectivity index (χ4v) is 2.22. The minimum atomic E-state index is 0.222. The maximum atomic E-state index is 8.94. The van der Waals surface area contributed by atoms with Crippen LogP contribution in [0.4, 0.5) is 0 Å². The molecule has 56 valence electrons. The molecule has 2 nitrogen and oxygen atoms in total. The molecule has 0 amide bonds. The molecule has 2 aliphatic carbocycles. The van der Waals surface area contributed by atoms with E-state index in [0.717, 1.165) is 0 Å². The van der Waals surface area contributed by atoms with Gasteiger partial charge in [-0.25, -0.2) is 0 Å². The predicted molar refractivity (Wildman–Crippen MR) is 39.3 cm³/mol. The lowest BCUT2D eigenvalue weighted by atomic mass is 9.90. The van der Waals surface area contributed by atoms with Crippen LogP contribution in [0.1, 0.15) is 6.42 Å². The molecule has 4 atom stereocenters. The number of hydrogen-bond acceptors (Lipinski definition) is 2. The van der Waals surface area contributed by atoms with Crippen LogP contribution in [0.2, 0.25) is 0 Å². The van der Waals surface area contributed by atoms with Gasteiger partial charge in [0.05, 0.1) is 0 Å². The molecule has 0 aromatic heterocycles. The summed E-state index contributed by atoms with van der Waals surface area (Å²) in [5.74, 6) is 1.47. The summed E-state index contributed by atoms with van der Waals surface area (Å²) in [6, 6.07) is 0.222. The molecular weight excluding hydrogens is 126 g/mol. The van der Waals surface area contributed by atoms with Gasteiger partial charge in [-0.1, -0.05) is 12.2 Å². The molecule has 1 fully saturated rings. The Balaban J connectivity index is 2.18. The van der Waals surface area contributed by atoms with E-state index in [1.54, 1.807) is 0 Å². The van der Waals surface area contributed by atoms with Gasteiger partial charge in [-0.3, -0.25) is 0 Å². The van der Waals surface area contributed by atoms with Crippen molar-refractivity contribution in [3.05, 3.63) is 12.2 Å². The Bertz CT molecular complexity index is 167. The summed E-state index contributed by atoms with van der Waals surface area (Å²) in [5, 5.41) is 8.94. The molecule has 10 heavy (non-hydrogen) atoms. The fourth-order valence-electron chi connectivity index (χ4n) is 2.22. The Labute approximate surface area is 60.7 Å². The minimum Gasteiger partial charge on any atom is -0.396 e. The number of aliphatic hydroxyl groups is 1. The number of rotatable bonds is 1. The van der Waals surface area contributed by atoms with E-state index in [2.05, 4.69) is 12.2 Å². The number of allylic oxidation sites excluding steroid dienone is 1. The molecule has 0 aromatic rings. The Morgan fingerprint density at radius 1 is 1.40 bits per heavy atom. The highest BCUT2D eigenvalue weighted by Gasteiger charge is 2.41. The van der Waals surface area contributed by atoms with Gasteiger partial charge in [0.1, 0.15) is 0 Å². The highest BCUT2D eigenvalue weighted by atomic mass is 16.3. The second kappa shape index (κ2) is 2.07. The summed E-state index contributed by atoms with van der Waals surface area (Å²) in [7, 11) is 0. The van der Waals surface area contributed by atoms with Crippen LogP contribution in [0.3, 0.4) is 0 Å². The predicted octanol–water partition coefficient (Wildman–Crippen LogP) is 0.128. The average Bonchev–Trinajstić information content (AvgIpc) is 2.46. The van der Waals surface area contributed by atoms with E-state index in [4.69, 9.17) is 10.8 Å². The molecule has 0 saturated heterocycles. The average molecular weight is 139 g/mol. The van der Waals surface area contributed by atoms with Gasteiger partial charge in [-0.05, 0) is 18.3 Å². The first kappa shape index (κ1) is 6.38. The monoisotopic (exact) mass is 139 g/mol. The molecule has 0 heterocycles. The zero-order valence-corrected chi connectivity index (χ0v) is 5.90. The van der Waals surface area contributed by atoms with E-state index in [0.29, 0.717) is 17.8 Å². The summed E-state index contributed by atoms with van der Waals surface area (Å²) in [6.07, 6.45) is 5.57. The first-order chi connectivity index (χ1) is 4.83. The summed E-state index contributed by atoms with van der Waals surface area (Å²) < 4.78 is 0. The van der Waals surface area contributed by atoms with Crippen molar-refractivity contribution in [1.82, 2.24) is 0 Å². The molecule has 2 aliphatic rings. The molecule has 1 saturated carbocycles. The smallest absolute Gasteiger partial charge is 0.0479 e. The van der Waals surface area contributed by atoms with Gasteiger partial charge in [-0.15, -0.1) is 0 Å². The summed E-state index contributed by atoms with van der Waals surface area (Å²) in [5.41, 5.74) is 5.86. The maximum absolute atomic E-state index is 8.94. The lowest BCUT2D eigenvalue weighted by molar-refractivity contribution is 0.193. The zero-order valence-electron chi connectivity index (χ0n) is 5.90. The van der Waals surface area contributed by atoms with Gasteiger partial charge in [0, 0.05) is 18.6 Å². The Morgan fingerprint density at radius 2 is 2.10 bits per heavy atom. The van der Waals surface area contributed by atoms with Gasteiger partial charge in [0.15, 0.2) is 0 Å². The number of aliphatic hydroxyl groups excluding tert-OH is 1. The molecule has 2 heteroatoms. The van der Waals surface area contributed by atoms with Crippen molar-refractivity contribution in [3.8, 4) is 0 Å². The first-order valence-corrected chi connectivity index (χ1v) is 3.87. The van der Waals surface area contributed by atoms with Crippen molar-refractivity contribution in [2.24, 2.45) is 23.5 Å². The van der Waals surface area contributed by atoms with Gasteiger partial charge in [-0.2, -0.15) is 0 Å². The van der Waals surface area contributed by atoms with E-state index in [-0.39, 0.29) is 12.6 Å². The fraction of sp³-hybridized carbons (Fsp3) is 0.750. The molecule has 0 aliphatic heterocycles. The number of fused-ring (bicyclic) bond motifs is 2. The molecule has 0 radical (unpaired) electrons. The third-order valence-corrected chi connectivity index (χ3v) is 2.90. The van der Waals surface area contributed by atoms with Gasteiger partial charge < -0.3 is 10.8 Å². The third-order valence-electron chi connectivity index (χ3n) is 2.90. The highest BCUT2D eigenvalue weighted by Crippen LogP contribution is 2.42. The molecule has 3 N–H and O–H groups in total.